The highest BCUT2D eigenvalue weighted by atomic mass is 16.5. The molecule has 0 saturated heterocycles. The average Bonchev–Trinajstić information content (AvgIpc) is 2.52. The first kappa shape index (κ1) is 17.7. The Kier molecular flexibility index (Phi) is 5.39. The van der Waals surface area contributed by atoms with Gasteiger partial charge in [0, 0.05) is 14.1 Å². The first-order chi connectivity index (χ1) is 11.3. The summed E-state index contributed by atoms with van der Waals surface area (Å²) >= 11 is 0. The van der Waals surface area contributed by atoms with Crippen molar-refractivity contribution >= 4 is 11.9 Å². The van der Waals surface area contributed by atoms with Crippen LogP contribution in [-0.2, 0) is 6.61 Å². The lowest BCUT2D eigenvalue weighted by atomic mass is 10.0. The van der Waals surface area contributed by atoms with Gasteiger partial charge in [-0.25, -0.2) is 9.97 Å². The molecule has 0 radical (unpaired) electrons. The average molecular weight is 328 g/mol. The van der Waals surface area contributed by atoms with Gasteiger partial charge in [-0.2, -0.15) is 0 Å². The van der Waals surface area contributed by atoms with Crippen molar-refractivity contribution in [2.45, 2.75) is 33.3 Å². The van der Waals surface area contributed by atoms with Crippen molar-refractivity contribution in [2.75, 3.05) is 19.8 Å². The van der Waals surface area contributed by atoms with E-state index in [2.05, 4.69) is 23.8 Å². The molecule has 6 heteroatoms. The normalized spacial score (nSPS) is 10.8. The number of nitrogen functional groups attached to an aromatic ring is 1. The van der Waals surface area contributed by atoms with Crippen molar-refractivity contribution in [1.82, 2.24) is 14.9 Å². The van der Waals surface area contributed by atoms with Gasteiger partial charge in [0.1, 0.15) is 12.4 Å². The molecule has 0 aliphatic heterocycles. The summed E-state index contributed by atoms with van der Waals surface area (Å²) in [6, 6.07) is 7.90. The number of carbonyl (C=O) groups excluding carboxylic acids is 1. The lowest BCUT2D eigenvalue weighted by Gasteiger charge is -2.16. The first-order valence-electron chi connectivity index (χ1n) is 7.87. The molecule has 6 nitrogen and oxygen atoms in total. The van der Waals surface area contributed by atoms with Gasteiger partial charge in [0.2, 0.25) is 5.95 Å². The summed E-state index contributed by atoms with van der Waals surface area (Å²) in [5.74, 6) is 1.16. The largest absolute Gasteiger partial charge is 0.487 e. The van der Waals surface area contributed by atoms with E-state index in [-0.39, 0.29) is 18.5 Å². The molecule has 2 N–H and O–H groups in total. The molecule has 0 saturated carbocycles. The number of nitrogens with zero attached hydrogens (tertiary/aromatic N) is 3. The maximum atomic E-state index is 12.4. The molecule has 1 heterocycles. The summed E-state index contributed by atoms with van der Waals surface area (Å²) in [5.41, 5.74) is 8.45. The lowest BCUT2D eigenvalue weighted by molar-refractivity contribution is 0.0823. The van der Waals surface area contributed by atoms with Crippen LogP contribution in [0.4, 0.5) is 5.95 Å². The minimum atomic E-state index is -0.166. The smallest absolute Gasteiger partial charge is 0.257 e. The van der Waals surface area contributed by atoms with Crippen molar-refractivity contribution in [3.63, 3.8) is 0 Å². The van der Waals surface area contributed by atoms with Crippen LogP contribution < -0.4 is 10.5 Å². The second-order valence-electron chi connectivity index (χ2n) is 6.20. The van der Waals surface area contributed by atoms with Gasteiger partial charge in [0.05, 0.1) is 17.0 Å². The summed E-state index contributed by atoms with van der Waals surface area (Å²) in [6.45, 7) is 6.18. The zero-order valence-corrected chi connectivity index (χ0v) is 14.8. The van der Waals surface area contributed by atoms with E-state index in [0.29, 0.717) is 22.9 Å². The third kappa shape index (κ3) is 4.01. The number of carbonyl (C=O) groups is 1. The number of ether oxygens (including phenoxy) is 1. The predicted molar refractivity (Wildman–Crippen MR) is 94.1 cm³/mol. The highest BCUT2D eigenvalue weighted by Gasteiger charge is 2.20. The van der Waals surface area contributed by atoms with Gasteiger partial charge in [-0.05, 0) is 30.5 Å². The summed E-state index contributed by atoms with van der Waals surface area (Å²) in [7, 11) is 3.38. The molecule has 0 bridgehead atoms. The summed E-state index contributed by atoms with van der Waals surface area (Å²) < 4.78 is 5.79. The topological polar surface area (TPSA) is 81.3 Å². The van der Waals surface area contributed by atoms with Crippen LogP contribution in [0.1, 0.15) is 47.1 Å². The van der Waals surface area contributed by atoms with E-state index in [4.69, 9.17) is 10.5 Å². The number of hydrogen-bond acceptors (Lipinski definition) is 5. The highest BCUT2D eigenvalue weighted by molar-refractivity contribution is 5.96. The monoisotopic (exact) mass is 328 g/mol. The maximum Gasteiger partial charge on any atom is 0.257 e. The molecule has 0 spiro atoms. The minimum absolute atomic E-state index is 0.136. The Morgan fingerprint density at radius 3 is 2.38 bits per heavy atom. The quantitative estimate of drug-likeness (QED) is 0.912. The third-order valence-corrected chi connectivity index (χ3v) is 3.72. The SMILES string of the molecule is Cc1nc(N)nc(COc2ccc(C(C)C)cc2)c1C(=O)N(C)C. The molecule has 1 aromatic heterocycles. The van der Waals surface area contributed by atoms with E-state index in [9.17, 15) is 4.79 Å². The van der Waals surface area contributed by atoms with Crippen LogP contribution in [0.15, 0.2) is 24.3 Å². The van der Waals surface area contributed by atoms with Crippen LogP contribution in [0.3, 0.4) is 0 Å². The number of benzene rings is 1. The van der Waals surface area contributed by atoms with E-state index in [1.165, 1.54) is 10.5 Å². The van der Waals surface area contributed by atoms with Gasteiger partial charge in [-0.3, -0.25) is 4.79 Å². The lowest BCUT2D eigenvalue weighted by Crippen LogP contribution is -2.26. The number of nitrogens with two attached hydrogens (primary N) is 1. The second kappa shape index (κ2) is 7.29. The molecule has 2 rings (SSSR count). The predicted octanol–water partition coefficient (Wildman–Crippen LogP) is 2.77. The van der Waals surface area contributed by atoms with Crippen molar-refractivity contribution < 1.29 is 9.53 Å². The van der Waals surface area contributed by atoms with E-state index in [0.717, 1.165) is 5.75 Å². The zero-order valence-electron chi connectivity index (χ0n) is 14.8. The van der Waals surface area contributed by atoms with E-state index in [1.807, 2.05) is 24.3 Å². The molecular weight excluding hydrogens is 304 g/mol. The Morgan fingerprint density at radius 2 is 1.83 bits per heavy atom. The van der Waals surface area contributed by atoms with Gasteiger partial charge < -0.3 is 15.4 Å². The van der Waals surface area contributed by atoms with Crippen molar-refractivity contribution in [3.05, 3.63) is 46.8 Å². The fourth-order valence-electron chi connectivity index (χ4n) is 2.36. The molecule has 0 aliphatic carbocycles. The molecule has 2 aromatic rings. The zero-order chi connectivity index (χ0) is 17.9. The van der Waals surface area contributed by atoms with Crippen molar-refractivity contribution in [2.24, 2.45) is 0 Å². The van der Waals surface area contributed by atoms with Gasteiger partial charge in [0.25, 0.3) is 5.91 Å². The van der Waals surface area contributed by atoms with E-state index < -0.39 is 0 Å². The Bertz CT molecular complexity index is 725. The second-order valence-corrected chi connectivity index (χ2v) is 6.20. The number of rotatable bonds is 5. The molecule has 1 aromatic carbocycles. The van der Waals surface area contributed by atoms with Gasteiger partial charge in [-0.15, -0.1) is 0 Å². The van der Waals surface area contributed by atoms with Crippen LogP contribution in [0.5, 0.6) is 5.75 Å². The summed E-state index contributed by atoms with van der Waals surface area (Å²) in [6.07, 6.45) is 0. The highest BCUT2D eigenvalue weighted by Crippen LogP contribution is 2.21. The molecule has 0 aliphatic rings. The molecule has 0 atom stereocenters. The fourth-order valence-corrected chi connectivity index (χ4v) is 2.36. The van der Waals surface area contributed by atoms with Gasteiger partial charge >= 0.3 is 0 Å². The van der Waals surface area contributed by atoms with Crippen LogP contribution in [0.25, 0.3) is 0 Å². The van der Waals surface area contributed by atoms with E-state index >= 15 is 0 Å². The Balaban J connectivity index is 2.24. The number of amides is 1. The first-order valence-corrected chi connectivity index (χ1v) is 7.87. The van der Waals surface area contributed by atoms with Crippen molar-refractivity contribution in [1.29, 1.82) is 0 Å². The number of aromatic nitrogens is 2. The third-order valence-electron chi connectivity index (χ3n) is 3.72. The van der Waals surface area contributed by atoms with Crippen LogP contribution in [-0.4, -0.2) is 34.9 Å². The van der Waals surface area contributed by atoms with Gasteiger partial charge in [0.15, 0.2) is 0 Å². The molecule has 24 heavy (non-hydrogen) atoms. The Hall–Kier alpha value is -2.63. The number of aryl methyl sites for hydroxylation is 1. The van der Waals surface area contributed by atoms with Crippen molar-refractivity contribution in [3.8, 4) is 5.75 Å². The minimum Gasteiger partial charge on any atom is -0.487 e. The maximum absolute atomic E-state index is 12.4. The molecule has 0 fully saturated rings. The summed E-state index contributed by atoms with van der Waals surface area (Å²) in [4.78, 5) is 22.1. The van der Waals surface area contributed by atoms with Crippen LogP contribution >= 0.6 is 0 Å². The molecule has 128 valence electrons. The molecule has 1 amide bonds. The summed E-state index contributed by atoms with van der Waals surface area (Å²) in [5, 5.41) is 0. The molecular formula is C18H24N4O2. The Labute approximate surface area is 142 Å². The molecule has 0 unspecified atom stereocenters. The van der Waals surface area contributed by atoms with Gasteiger partial charge in [-0.1, -0.05) is 26.0 Å². The van der Waals surface area contributed by atoms with Crippen LogP contribution in [0.2, 0.25) is 0 Å². The Morgan fingerprint density at radius 1 is 1.21 bits per heavy atom. The number of hydrogen-bond donors (Lipinski definition) is 1. The van der Waals surface area contributed by atoms with E-state index in [1.54, 1.807) is 21.0 Å². The fraction of sp³-hybridized carbons (Fsp3) is 0.389. The standard InChI is InChI=1S/C18H24N4O2/c1-11(2)13-6-8-14(9-7-13)24-10-15-16(17(23)22(4)5)12(3)20-18(19)21-15/h6-9,11H,10H2,1-5H3,(H2,19,20,21). The number of anilines is 1. The van der Waals surface area contributed by atoms with Crippen LogP contribution in [0, 0.1) is 6.92 Å².